The lowest BCUT2D eigenvalue weighted by molar-refractivity contribution is 0.798. The molecule has 0 radical (unpaired) electrons. The van der Waals surface area contributed by atoms with Crippen molar-refractivity contribution in [2.24, 2.45) is 0 Å². The minimum atomic E-state index is 0.492. The zero-order valence-electron chi connectivity index (χ0n) is 16.7. The summed E-state index contributed by atoms with van der Waals surface area (Å²) in [6, 6.07) is 25.5. The summed E-state index contributed by atoms with van der Waals surface area (Å²) >= 11 is 14.0. The molecule has 2 heterocycles. The predicted molar refractivity (Wildman–Crippen MR) is 132 cm³/mol. The van der Waals surface area contributed by atoms with Gasteiger partial charge in [0.15, 0.2) is 5.13 Å². The zero-order chi connectivity index (χ0) is 21.9. The van der Waals surface area contributed by atoms with Crippen LogP contribution in [0.5, 0.6) is 0 Å². The van der Waals surface area contributed by atoms with Gasteiger partial charge in [-0.3, -0.25) is 0 Å². The maximum absolute atomic E-state index is 6.27. The third-order valence-electron chi connectivity index (χ3n) is 4.84. The third kappa shape index (κ3) is 4.39. The van der Waals surface area contributed by atoms with E-state index in [9.17, 15) is 0 Å². The molecule has 3 aromatic carbocycles. The van der Waals surface area contributed by atoms with Crippen LogP contribution in [-0.4, -0.2) is 20.0 Å². The zero-order valence-corrected chi connectivity index (χ0v) is 19.1. The van der Waals surface area contributed by atoms with Gasteiger partial charge < -0.3 is 5.32 Å². The van der Waals surface area contributed by atoms with Crippen molar-refractivity contribution >= 4 is 39.7 Å². The van der Waals surface area contributed by atoms with E-state index in [4.69, 9.17) is 28.2 Å². The van der Waals surface area contributed by atoms with Crippen molar-refractivity contribution in [3.8, 4) is 27.4 Å². The van der Waals surface area contributed by atoms with Gasteiger partial charge in [0.25, 0.3) is 0 Å². The monoisotopic (exact) mass is 477 g/mol. The van der Waals surface area contributed by atoms with E-state index in [0.29, 0.717) is 16.6 Å². The number of hydrogen-bond donors (Lipinski definition) is 1. The number of rotatable bonds is 6. The fraction of sp³-hybridized carbons (Fsp3) is 0.0417. The van der Waals surface area contributed by atoms with Crippen LogP contribution >= 0.6 is 34.5 Å². The lowest BCUT2D eigenvalue weighted by Crippen LogP contribution is -1.99. The molecular formula is C24H17Cl2N5S. The van der Waals surface area contributed by atoms with Crippen molar-refractivity contribution in [1.29, 1.82) is 0 Å². The molecule has 0 saturated carbocycles. The van der Waals surface area contributed by atoms with Crippen molar-refractivity contribution in [3.05, 3.63) is 101 Å². The van der Waals surface area contributed by atoms with E-state index in [1.54, 1.807) is 16.0 Å². The first-order valence-electron chi connectivity index (χ1n) is 9.89. The molecule has 0 saturated heterocycles. The Bertz CT molecular complexity index is 1350. The van der Waals surface area contributed by atoms with E-state index >= 15 is 0 Å². The van der Waals surface area contributed by atoms with Crippen LogP contribution in [-0.2, 0) is 6.54 Å². The molecule has 0 aliphatic heterocycles. The number of para-hydroxylation sites is 1. The molecule has 0 unspecified atom stereocenters. The normalized spacial score (nSPS) is 10.9. The topological polar surface area (TPSA) is 55.6 Å². The van der Waals surface area contributed by atoms with Gasteiger partial charge in [-0.25, -0.2) is 9.67 Å². The largest absolute Gasteiger partial charge is 0.356 e. The highest BCUT2D eigenvalue weighted by Crippen LogP contribution is 2.39. The summed E-state index contributed by atoms with van der Waals surface area (Å²) in [5.41, 5.74) is 4.63. The molecule has 5 aromatic rings. The number of benzene rings is 3. The maximum atomic E-state index is 6.27. The van der Waals surface area contributed by atoms with Crippen LogP contribution in [0.4, 0.5) is 5.13 Å². The molecule has 0 fully saturated rings. The van der Waals surface area contributed by atoms with Gasteiger partial charge in [-0.1, -0.05) is 94.3 Å². The lowest BCUT2D eigenvalue weighted by atomic mass is 10.1. The van der Waals surface area contributed by atoms with Gasteiger partial charge in [-0.15, -0.1) is 5.10 Å². The van der Waals surface area contributed by atoms with Crippen molar-refractivity contribution in [1.82, 2.24) is 20.0 Å². The van der Waals surface area contributed by atoms with Gasteiger partial charge in [0, 0.05) is 10.6 Å². The van der Waals surface area contributed by atoms with Gasteiger partial charge in [0.05, 0.1) is 34.0 Å². The SMILES string of the molecule is Clc1ccc(-c2nc(NCc3cn(-c4ccccc4Cl)nn3)sc2-c2ccccc2)cc1. The van der Waals surface area contributed by atoms with Crippen LogP contribution in [0.1, 0.15) is 5.69 Å². The number of anilines is 1. The Morgan fingerprint density at radius 1 is 0.844 bits per heavy atom. The molecule has 32 heavy (non-hydrogen) atoms. The molecule has 5 rings (SSSR count). The first-order valence-corrected chi connectivity index (χ1v) is 11.5. The van der Waals surface area contributed by atoms with Crippen LogP contribution in [0.15, 0.2) is 85.1 Å². The molecule has 0 amide bonds. The number of aromatic nitrogens is 4. The average Bonchev–Trinajstić information content (AvgIpc) is 3.47. The summed E-state index contributed by atoms with van der Waals surface area (Å²) in [6.07, 6.45) is 1.86. The molecule has 0 spiro atoms. The highest BCUT2D eigenvalue weighted by molar-refractivity contribution is 7.19. The fourth-order valence-corrected chi connectivity index (χ4v) is 4.62. The molecule has 0 bridgehead atoms. The molecule has 5 nitrogen and oxygen atoms in total. The van der Waals surface area contributed by atoms with Crippen molar-refractivity contribution < 1.29 is 0 Å². The minimum Gasteiger partial charge on any atom is -0.356 e. The maximum Gasteiger partial charge on any atom is 0.184 e. The first kappa shape index (κ1) is 20.7. The summed E-state index contributed by atoms with van der Waals surface area (Å²) in [5, 5.41) is 14.0. The highest BCUT2D eigenvalue weighted by Gasteiger charge is 2.15. The number of nitrogens with one attached hydrogen (secondary N) is 1. The van der Waals surface area contributed by atoms with Crippen LogP contribution in [0.25, 0.3) is 27.4 Å². The predicted octanol–water partition coefficient (Wildman–Crippen LogP) is 6.98. The van der Waals surface area contributed by atoms with Crippen molar-refractivity contribution in [2.45, 2.75) is 6.54 Å². The quantitative estimate of drug-likeness (QED) is 0.286. The summed E-state index contributed by atoms with van der Waals surface area (Å²) < 4.78 is 1.68. The molecule has 0 aliphatic carbocycles. The highest BCUT2D eigenvalue weighted by atomic mass is 35.5. The Balaban J connectivity index is 1.41. The van der Waals surface area contributed by atoms with E-state index in [1.807, 2.05) is 72.9 Å². The Labute approximate surface area is 199 Å². The molecule has 8 heteroatoms. The third-order valence-corrected chi connectivity index (χ3v) is 6.48. The summed E-state index contributed by atoms with van der Waals surface area (Å²) in [4.78, 5) is 5.96. The molecular weight excluding hydrogens is 461 g/mol. The summed E-state index contributed by atoms with van der Waals surface area (Å²) in [5.74, 6) is 0. The van der Waals surface area contributed by atoms with Crippen LogP contribution in [0.2, 0.25) is 10.0 Å². The Kier molecular flexibility index (Phi) is 5.90. The minimum absolute atomic E-state index is 0.492. The second-order valence-electron chi connectivity index (χ2n) is 7.03. The average molecular weight is 478 g/mol. The van der Waals surface area contributed by atoms with E-state index in [2.05, 4.69) is 27.8 Å². The fourth-order valence-electron chi connectivity index (χ4n) is 3.29. The van der Waals surface area contributed by atoms with E-state index in [-0.39, 0.29) is 0 Å². The van der Waals surface area contributed by atoms with E-state index in [1.165, 1.54) is 0 Å². The van der Waals surface area contributed by atoms with Gasteiger partial charge in [-0.2, -0.15) is 0 Å². The Morgan fingerprint density at radius 3 is 2.38 bits per heavy atom. The molecule has 0 aliphatic rings. The second kappa shape index (κ2) is 9.12. The molecule has 2 aromatic heterocycles. The Hall–Kier alpha value is -3.19. The molecule has 1 N–H and O–H groups in total. The van der Waals surface area contributed by atoms with Gasteiger partial charge in [0.2, 0.25) is 0 Å². The standard InChI is InChI=1S/C24H17Cl2N5S/c25-18-12-10-16(11-13-18)22-23(17-6-2-1-3-7-17)32-24(28-22)27-14-19-15-31(30-29-19)21-9-5-4-8-20(21)26/h1-13,15H,14H2,(H,27,28). The Morgan fingerprint density at radius 2 is 1.59 bits per heavy atom. The van der Waals surface area contributed by atoms with Gasteiger partial charge in [0.1, 0.15) is 5.69 Å². The van der Waals surface area contributed by atoms with Crippen LogP contribution < -0.4 is 5.32 Å². The smallest absolute Gasteiger partial charge is 0.184 e. The van der Waals surface area contributed by atoms with Crippen molar-refractivity contribution in [2.75, 3.05) is 5.32 Å². The number of nitrogens with zero attached hydrogens (tertiary/aromatic N) is 4. The van der Waals surface area contributed by atoms with Crippen molar-refractivity contribution in [3.63, 3.8) is 0 Å². The summed E-state index contributed by atoms with van der Waals surface area (Å²) in [7, 11) is 0. The number of halogens is 2. The first-order chi connectivity index (χ1) is 15.7. The van der Waals surface area contributed by atoms with Gasteiger partial charge >= 0.3 is 0 Å². The number of thiazole rings is 1. The molecule has 158 valence electrons. The number of hydrogen-bond acceptors (Lipinski definition) is 5. The van der Waals surface area contributed by atoms with Gasteiger partial charge in [-0.05, 0) is 29.8 Å². The van der Waals surface area contributed by atoms with E-state index in [0.717, 1.165) is 38.2 Å². The second-order valence-corrected chi connectivity index (χ2v) is 8.87. The van der Waals surface area contributed by atoms with Crippen LogP contribution in [0, 0.1) is 0 Å². The lowest BCUT2D eigenvalue weighted by Gasteiger charge is -2.02. The van der Waals surface area contributed by atoms with E-state index < -0.39 is 0 Å². The summed E-state index contributed by atoms with van der Waals surface area (Å²) in [6.45, 7) is 0.492. The molecule has 0 atom stereocenters. The van der Waals surface area contributed by atoms with Crippen LogP contribution in [0.3, 0.4) is 0 Å².